The number of morpholine rings is 1. The molecular formula is C21H24N6O2. The van der Waals surface area contributed by atoms with Gasteiger partial charge in [-0.05, 0) is 37.8 Å². The van der Waals surface area contributed by atoms with Crippen LogP contribution < -0.4 is 4.90 Å². The van der Waals surface area contributed by atoms with Gasteiger partial charge in [0.2, 0.25) is 0 Å². The Hall–Kier alpha value is -2.89. The Balaban J connectivity index is 1.70. The number of ether oxygens (including phenoxy) is 1. The van der Waals surface area contributed by atoms with Crippen LogP contribution in [0.1, 0.15) is 31.7 Å². The van der Waals surface area contributed by atoms with Gasteiger partial charge in [0.1, 0.15) is 5.82 Å². The van der Waals surface area contributed by atoms with Gasteiger partial charge in [0.25, 0.3) is 0 Å². The summed E-state index contributed by atoms with van der Waals surface area (Å²) >= 11 is 0. The first-order valence-electron chi connectivity index (χ1n) is 10.0. The smallest absolute Gasteiger partial charge is 0.167 e. The van der Waals surface area contributed by atoms with Crippen LogP contribution in [0.4, 0.5) is 5.82 Å². The van der Waals surface area contributed by atoms with Gasteiger partial charge >= 0.3 is 0 Å². The second kappa shape index (κ2) is 6.87. The highest BCUT2D eigenvalue weighted by Gasteiger charge is 2.40. The number of pyridine rings is 1. The van der Waals surface area contributed by atoms with Crippen LogP contribution in [0.15, 0.2) is 24.5 Å². The van der Waals surface area contributed by atoms with Crippen molar-refractivity contribution in [2.24, 2.45) is 5.92 Å². The first-order valence-corrected chi connectivity index (χ1v) is 10.0. The van der Waals surface area contributed by atoms with Crippen molar-refractivity contribution < 1.29 is 9.84 Å². The van der Waals surface area contributed by atoms with Crippen LogP contribution in [0.3, 0.4) is 0 Å². The SMILES string of the molecule is C#CC1CCC(O)(c2cc(N3CCOC[C@H]3C)nc3c2cnn3-c2ccn[nH]2)C1. The van der Waals surface area contributed by atoms with E-state index in [0.717, 1.165) is 35.6 Å². The number of aromatic nitrogens is 5. The summed E-state index contributed by atoms with van der Waals surface area (Å²) in [7, 11) is 0. The molecule has 2 N–H and O–H groups in total. The molecule has 0 spiro atoms. The number of nitrogens with one attached hydrogen (secondary N) is 1. The molecule has 3 aromatic rings. The number of hydrogen-bond acceptors (Lipinski definition) is 6. The number of hydrogen-bond donors (Lipinski definition) is 2. The summed E-state index contributed by atoms with van der Waals surface area (Å²) in [5.41, 5.74) is 0.558. The highest BCUT2D eigenvalue weighted by Crippen LogP contribution is 2.45. The summed E-state index contributed by atoms with van der Waals surface area (Å²) in [6.45, 7) is 4.18. The van der Waals surface area contributed by atoms with Crippen molar-refractivity contribution in [2.75, 3.05) is 24.7 Å². The minimum atomic E-state index is -0.982. The predicted molar refractivity (Wildman–Crippen MR) is 109 cm³/mol. The first-order chi connectivity index (χ1) is 14.1. The number of aromatic amines is 1. The normalized spacial score (nSPS) is 27.4. The molecule has 1 aliphatic heterocycles. The van der Waals surface area contributed by atoms with E-state index < -0.39 is 5.60 Å². The maximum Gasteiger partial charge on any atom is 0.167 e. The van der Waals surface area contributed by atoms with E-state index in [1.807, 2.05) is 12.1 Å². The number of fused-ring (bicyclic) bond motifs is 1. The van der Waals surface area contributed by atoms with Crippen LogP contribution in [-0.4, -0.2) is 55.9 Å². The largest absolute Gasteiger partial charge is 0.385 e. The van der Waals surface area contributed by atoms with Crippen LogP contribution in [-0.2, 0) is 10.3 Å². The molecule has 0 amide bonds. The molecule has 4 heterocycles. The summed E-state index contributed by atoms with van der Waals surface area (Å²) in [5, 5.41) is 23.9. The molecule has 0 bridgehead atoms. The third-order valence-electron chi connectivity index (χ3n) is 6.13. The Labute approximate surface area is 168 Å². The molecule has 5 rings (SSSR count). The predicted octanol–water partition coefficient (Wildman–Crippen LogP) is 1.99. The highest BCUT2D eigenvalue weighted by atomic mass is 16.5. The van der Waals surface area contributed by atoms with Crippen molar-refractivity contribution in [2.45, 2.75) is 37.8 Å². The molecule has 3 atom stereocenters. The van der Waals surface area contributed by atoms with Crippen LogP contribution in [0.2, 0.25) is 0 Å². The van der Waals surface area contributed by atoms with Gasteiger partial charge in [0.15, 0.2) is 11.5 Å². The number of aliphatic hydroxyl groups is 1. The molecule has 1 saturated carbocycles. The highest BCUT2D eigenvalue weighted by molar-refractivity contribution is 5.83. The molecule has 2 fully saturated rings. The molecule has 29 heavy (non-hydrogen) atoms. The molecular weight excluding hydrogens is 368 g/mol. The van der Waals surface area contributed by atoms with Gasteiger partial charge in [-0.2, -0.15) is 14.9 Å². The van der Waals surface area contributed by atoms with Gasteiger partial charge < -0.3 is 14.7 Å². The van der Waals surface area contributed by atoms with Gasteiger partial charge in [-0.3, -0.25) is 5.10 Å². The van der Waals surface area contributed by atoms with E-state index in [1.165, 1.54) is 0 Å². The number of terminal acetylenes is 1. The van der Waals surface area contributed by atoms with Crippen LogP contribution in [0.5, 0.6) is 0 Å². The molecule has 150 valence electrons. The molecule has 8 nitrogen and oxygen atoms in total. The van der Waals surface area contributed by atoms with Crippen molar-refractivity contribution in [3.63, 3.8) is 0 Å². The minimum absolute atomic E-state index is 0.0802. The van der Waals surface area contributed by atoms with Gasteiger partial charge in [-0.1, -0.05) is 0 Å². The third-order valence-corrected chi connectivity index (χ3v) is 6.13. The van der Waals surface area contributed by atoms with Crippen molar-refractivity contribution >= 4 is 16.9 Å². The summed E-state index contributed by atoms with van der Waals surface area (Å²) in [6, 6.07) is 4.06. The lowest BCUT2D eigenvalue weighted by Gasteiger charge is -2.35. The van der Waals surface area contributed by atoms with E-state index in [1.54, 1.807) is 17.1 Å². The van der Waals surface area contributed by atoms with E-state index in [9.17, 15) is 5.11 Å². The Morgan fingerprint density at radius 3 is 3.07 bits per heavy atom. The monoisotopic (exact) mass is 392 g/mol. The molecule has 2 aliphatic rings. The van der Waals surface area contributed by atoms with Crippen molar-refractivity contribution in [1.29, 1.82) is 0 Å². The average molecular weight is 392 g/mol. The Morgan fingerprint density at radius 2 is 2.34 bits per heavy atom. The van der Waals surface area contributed by atoms with Gasteiger partial charge in [0.05, 0.1) is 37.3 Å². The summed E-state index contributed by atoms with van der Waals surface area (Å²) in [4.78, 5) is 7.17. The molecule has 1 aliphatic carbocycles. The molecule has 3 aromatic heterocycles. The zero-order valence-electron chi connectivity index (χ0n) is 16.4. The number of H-pyrrole nitrogens is 1. The standard InChI is InChI=1S/C21H24N6O2/c1-3-15-4-6-21(28,11-15)17-10-19(26-8-9-29-13-14(26)2)24-20-16(17)12-23-27(20)18-5-7-22-25-18/h1,5,7,10,12,14-15,28H,4,6,8-9,11,13H2,2H3,(H,22,25)/t14-,15?,21?/m1/s1. The van der Waals surface area contributed by atoms with E-state index in [-0.39, 0.29) is 12.0 Å². The third kappa shape index (κ3) is 2.98. The van der Waals surface area contributed by atoms with Crippen molar-refractivity contribution in [3.05, 3.63) is 30.1 Å². The Morgan fingerprint density at radius 1 is 1.45 bits per heavy atom. The van der Waals surface area contributed by atoms with Crippen LogP contribution in [0, 0.1) is 18.3 Å². The van der Waals surface area contributed by atoms with E-state index >= 15 is 0 Å². The molecule has 1 saturated heterocycles. The molecule has 8 heteroatoms. The second-order valence-corrected chi connectivity index (χ2v) is 8.02. The first kappa shape index (κ1) is 18.2. The van der Waals surface area contributed by atoms with Gasteiger partial charge in [0, 0.05) is 23.9 Å². The zero-order valence-corrected chi connectivity index (χ0v) is 16.4. The Kier molecular flexibility index (Phi) is 4.30. The molecule has 0 aromatic carbocycles. The summed E-state index contributed by atoms with van der Waals surface area (Å²) < 4.78 is 7.33. The van der Waals surface area contributed by atoms with E-state index in [4.69, 9.17) is 16.1 Å². The van der Waals surface area contributed by atoms with E-state index in [2.05, 4.69) is 33.0 Å². The van der Waals surface area contributed by atoms with Crippen molar-refractivity contribution in [3.8, 4) is 18.2 Å². The maximum atomic E-state index is 11.6. The fourth-order valence-corrected chi connectivity index (χ4v) is 4.54. The number of nitrogens with zero attached hydrogens (tertiary/aromatic N) is 5. The molecule has 2 unspecified atom stereocenters. The molecule has 0 radical (unpaired) electrons. The zero-order chi connectivity index (χ0) is 20.0. The topological polar surface area (TPSA) is 92.1 Å². The van der Waals surface area contributed by atoms with Crippen LogP contribution >= 0.6 is 0 Å². The Bertz CT molecular complexity index is 1070. The van der Waals surface area contributed by atoms with E-state index in [0.29, 0.717) is 31.7 Å². The summed E-state index contributed by atoms with van der Waals surface area (Å²) in [6.07, 6.45) is 11.1. The average Bonchev–Trinajstić information content (AvgIpc) is 3.47. The number of rotatable bonds is 3. The quantitative estimate of drug-likeness (QED) is 0.663. The second-order valence-electron chi connectivity index (χ2n) is 8.02. The van der Waals surface area contributed by atoms with Crippen molar-refractivity contribution in [1.82, 2.24) is 25.0 Å². The lowest BCUT2D eigenvalue weighted by molar-refractivity contribution is 0.0436. The fraction of sp³-hybridized carbons (Fsp3) is 0.476. The fourth-order valence-electron chi connectivity index (χ4n) is 4.54. The van der Waals surface area contributed by atoms with Gasteiger partial charge in [-0.25, -0.2) is 4.98 Å². The summed E-state index contributed by atoms with van der Waals surface area (Å²) in [5.74, 6) is 4.44. The lowest BCUT2D eigenvalue weighted by Crippen LogP contribution is -2.44. The minimum Gasteiger partial charge on any atom is -0.385 e. The lowest BCUT2D eigenvalue weighted by atomic mass is 9.89. The maximum absolute atomic E-state index is 11.6. The van der Waals surface area contributed by atoms with Crippen LogP contribution in [0.25, 0.3) is 16.9 Å². The van der Waals surface area contributed by atoms with Gasteiger partial charge in [-0.15, -0.1) is 12.3 Å². The number of anilines is 1.